The second-order valence-corrected chi connectivity index (χ2v) is 17.9. The minimum atomic E-state index is 1.03. The SMILES string of the molecule is CCCC(CC(CC(CC(CC(CC)C1CCCCC1)C1CCCCC1)C1CCCCC1)C1CCCCC1)C1CCCCC1. The lowest BCUT2D eigenvalue weighted by Crippen LogP contribution is -2.32. The molecule has 0 aromatic rings. The van der Waals surface area contributed by atoms with Crippen molar-refractivity contribution in [1.29, 1.82) is 0 Å². The number of rotatable bonds is 16. The quantitative estimate of drug-likeness (QED) is 0.163. The summed E-state index contributed by atoms with van der Waals surface area (Å²) in [4.78, 5) is 0. The van der Waals surface area contributed by atoms with E-state index in [0.717, 1.165) is 59.2 Å². The van der Waals surface area contributed by atoms with Gasteiger partial charge >= 0.3 is 0 Å². The first-order chi connectivity index (χ1) is 21.7. The molecule has 5 atom stereocenters. The minimum absolute atomic E-state index is 1.03. The molecule has 0 saturated heterocycles. The van der Waals surface area contributed by atoms with Crippen LogP contribution in [0.4, 0.5) is 0 Å². The summed E-state index contributed by atoms with van der Waals surface area (Å²) in [7, 11) is 0. The van der Waals surface area contributed by atoms with Crippen LogP contribution in [0.15, 0.2) is 0 Å². The maximum atomic E-state index is 2.58. The fourth-order valence-corrected chi connectivity index (χ4v) is 12.6. The number of hydrogen-bond donors (Lipinski definition) is 0. The second kappa shape index (κ2) is 19.7. The highest BCUT2D eigenvalue weighted by atomic mass is 14.4. The van der Waals surface area contributed by atoms with Gasteiger partial charge < -0.3 is 0 Å². The summed E-state index contributed by atoms with van der Waals surface area (Å²) in [5, 5.41) is 0. The van der Waals surface area contributed by atoms with Gasteiger partial charge in [0.05, 0.1) is 0 Å². The summed E-state index contributed by atoms with van der Waals surface area (Å²) in [5.74, 6) is 10.5. The molecule has 5 unspecified atom stereocenters. The summed E-state index contributed by atoms with van der Waals surface area (Å²) in [6.45, 7) is 5.08. The van der Waals surface area contributed by atoms with Crippen molar-refractivity contribution in [2.45, 2.75) is 219 Å². The van der Waals surface area contributed by atoms with E-state index in [1.165, 1.54) is 77.0 Å². The molecule has 0 aromatic heterocycles. The molecular weight excluding hydrogens is 528 g/mol. The Morgan fingerprint density at radius 2 is 0.568 bits per heavy atom. The van der Waals surface area contributed by atoms with Crippen LogP contribution in [0.2, 0.25) is 0 Å². The van der Waals surface area contributed by atoms with Gasteiger partial charge in [-0.15, -0.1) is 0 Å². The molecule has 0 nitrogen and oxygen atoms in total. The van der Waals surface area contributed by atoms with E-state index < -0.39 is 0 Å². The van der Waals surface area contributed by atoms with Gasteiger partial charge in [0, 0.05) is 0 Å². The van der Waals surface area contributed by atoms with Gasteiger partial charge in [-0.1, -0.05) is 194 Å². The molecule has 5 saturated carbocycles. The summed E-state index contributed by atoms with van der Waals surface area (Å²) in [6.07, 6.45) is 49.7. The van der Waals surface area contributed by atoms with E-state index in [2.05, 4.69) is 13.8 Å². The lowest BCUT2D eigenvalue weighted by atomic mass is 9.62. The first kappa shape index (κ1) is 35.3. The van der Waals surface area contributed by atoms with E-state index in [-0.39, 0.29) is 0 Å². The van der Waals surface area contributed by atoms with Crippen molar-refractivity contribution < 1.29 is 0 Å². The third kappa shape index (κ3) is 10.8. The Morgan fingerprint density at radius 3 is 0.864 bits per heavy atom. The van der Waals surface area contributed by atoms with Crippen LogP contribution >= 0.6 is 0 Å². The largest absolute Gasteiger partial charge is 0.0654 e. The van der Waals surface area contributed by atoms with Crippen molar-refractivity contribution in [3.63, 3.8) is 0 Å². The average molecular weight is 609 g/mol. The third-order valence-corrected chi connectivity index (χ3v) is 15.2. The molecule has 256 valence electrons. The van der Waals surface area contributed by atoms with Gasteiger partial charge in [-0.25, -0.2) is 0 Å². The molecule has 0 heteroatoms. The Bertz CT molecular complexity index is 708. The van der Waals surface area contributed by atoms with Crippen molar-refractivity contribution in [2.24, 2.45) is 59.2 Å². The van der Waals surface area contributed by atoms with E-state index in [1.807, 2.05) is 0 Å². The van der Waals surface area contributed by atoms with Crippen LogP contribution < -0.4 is 0 Å². The first-order valence-corrected chi connectivity index (χ1v) is 21.7. The van der Waals surface area contributed by atoms with Crippen LogP contribution in [0.3, 0.4) is 0 Å². The summed E-state index contributed by atoms with van der Waals surface area (Å²) in [5.41, 5.74) is 0. The van der Waals surface area contributed by atoms with Gasteiger partial charge in [0.25, 0.3) is 0 Å². The molecule has 0 aliphatic heterocycles. The Hall–Kier alpha value is 0. The van der Waals surface area contributed by atoms with E-state index >= 15 is 0 Å². The van der Waals surface area contributed by atoms with Crippen LogP contribution in [0.25, 0.3) is 0 Å². The molecule has 0 spiro atoms. The van der Waals surface area contributed by atoms with E-state index in [9.17, 15) is 0 Å². The van der Waals surface area contributed by atoms with Crippen LogP contribution in [-0.2, 0) is 0 Å². The predicted molar refractivity (Wildman–Crippen MR) is 194 cm³/mol. The molecule has 5 aliphatic rings. The molecule has 0 amide bonds. The fourth-order valence-electron chi connectivity index (χ4n) is 12.6. The Labute approximate surface area is 277 Å². The predicted octanol–water partition coefficient (Wildman–Crippen LogP) is 14.7. The summed E-state index contributed by atoms with van der Waals surface area (Å²) in [6, 6.07) is 0. The summed E-state index contributed by atoms with van der Waals surface area (Å²) >= 11 is 0. The lowest BCUT2D eigenvalue weighted by molar-refractivity contribution is 0.0775. The molecule has 0 aromatic carbocycles. The van der Waals surface area contributed by atoms with Crippen LogP contribution in [0, 0.1) is 59.2 Å². The van der Waals surface area contributed by atoms with Crippen molar-refractivity contribution in [2.75, 3.05) is 0 Å². The fraction of sp³-hybridized carbons (Fsp3) is 1.00. The maximum Gasteiger partial charge on any atom is -0.0380 e. The average Bonchev–Trinajstić information content (AvgIpc) is 3.10. The zero-order valence-electron chi connectivity index (χ0n) is 30.4. The van der Waals surface area contributed by atoms with Gasteiger partial charge in [0.1, 0.15) is 0 Å². The van der Waals surface area contributed by atoms with Crippen molar-refractivity contribution >= 4 is 0 Å². The van der Waals surface area contributed by atoms with Gasteiger partial charge in [0.2, 0.25) is 0 Å². The highest BCUT2D eigenvalue weighted by molar-refractivity contribution is 4.88. The lowest BCUT2D eigenvalue weighted by Gasteiger charge is -2.43. The molecule has 44 heavy (non-hydrogen) atoms. The molecule has 5 fully saturated rings. The zero-order valence-corrected chi connectivity index (χ0v) is 30.4. The highest BCUT2D eigenvalue weighted by Crippen LogP contribution is 2.49. The van der Waals surface area contributed by atoms with E-state index in [4.69, 9.17) is 0 Å². The standard InChI is InChI=1S/C44H80/c1-3-20-41(37-23-12-6-13-24-37)32-43(39-27-16-8-17-28-39)34-44(40-29-18-9-19-30-40)33-42(38-25-14-7-15-26-38)31-35(4-2)36-21-10-5-11-22-36/h35-44H,3-34H2,1-2H3. The van der Waals surface area contributed by atoms with Crippen molar-refractivity contribution in [1.82, 2.24) is 0 Å². The molecule has 0 N–H and O–H groups in total. The molecule has 5 rings (SSSR count). The van der Waals surface area contributed by atoms with E-state index in [0.29, 0.717) is 0 Å². The molecule has 0 radical (unpaired) electrons. The Kier molecular flexibility index (Phi) is 15.8. The second-order valence-electron chi connectivity index (χ2n) is 17.9. The van der Waals surface area contributed by atoms with Crippen LogP contribution in [0.5, 0.6) is 0 Å². The Balaban J connectivity index is 1.36. The maximum absolute atomic E-state index is 2.58. The molecule has 0 bridgehead atoms. The summed E-state index contributed by atoms with van der Waals surface area (Å²) < 4.78 is 0. The smallest absolute Gasteiger partial charge is 0.0380 e. The topological polar surface area (TPSA) is 0 Å². The van der Waals surface area contributed by atoms with Crippen LogP contribution in [-0.4, -0.2) is 0 Å². The molecular formula is C44H80. The third-order valence-electron chi connectivity index (χ3n) is 15.2. The normalized spacial score (nSPS) is 28.0. The van der Waals surface area contributed by atoms with Gasteiger partial charge in [-0.05, 0) is 84.9 Å². The number of hydrogen-bond acceptors (Lipinski definition) is 0. The minimum Gasteiger partial charge on any atom is -0.0654 e. The van der Waals surface area contributed by atoms with Gasteiger partial charge in [-0.3, -0.25) is 0 Å². The van der Waals surface area contributed by atoms with Crippen molar-refractivity contribution in [3.8, 4) is 0 Å². The van der Waals surface area contributed by atoms with Crippen molar-refractivity contribution in [3.05, 3.63) is 0 Å². The Morgan fingerprint density at radius 1 is 0.318 bits per heavy atom. The van der Waals surface area contributed by atoms with E-state index in [1.54, 1.807) is 128 Å². The van der Waals surface area contributed by atoms with Gasteiger partial charge in [0.15, 0.2) is 0 Å². The van der Waals surface area contributed by atoms with Crippen LogP contribution in [0.1, 0.15) is 219 Å². The monoisotopic (exact) mass is 609 g/mol. The molecule has 5 aliphatic carbocycles. The van der Waals surface area contributed by atoms with Gasteiger partial charge in [-0.2, -0.15) is 0 Å². The zero-order chi connectivity index (χ0) is 30.4. The first-order valence-electron chi connectivity index (χ1n) is 21.7. The molecule has 0 heterocycles. The highest BCUT2D eigenvalue weighted by Gasteiger charge is 2.37.